The highest BCUT2D eigenvalue weighted by Gasteiger charge is 2.27. The van der Waals surface area contributed by atoms with Crippen LogP contribution in [-0.2, 0) is 9.53 Å². The lowest BCUT2D eigenvalue weighted by Gasteiger charge is -2.20. The van der Waals surface area contributed by atoms with E-state index in [-0.39, 0.29) is 5.91 Å². The number of rotatable bonds is 3. The molecule has 0 aliphatic rings. The molecule has 78 valence electrons. The van der Waals surface area contributed by atoms with E-state index in [1.807, 2.05) is 0 Å². The van der Waals surface area contributed by atoms with Gasteiger partial charge in [-0.3, -0.25) is 10.1 Å². The van der Waals surface area contributed by atoms with Gasteiger partial charge in [0.05, 0.1) is 5.69 Å². The summed E-state index contributed by atoms with van der Waals surface area (Å²) in [6.45, 7) is 5.12. The molecule has 0 aliphatic heterocycles. The lowest BCUT2D eigenvalue weighted by atomic mass is 10.1. The number of hydrogen-bond donors (Lipinski definition) is 1. The number of aromatic nitrogens is 1. The van der Waals surface area contributed by atoms with Crippen LogP contribution in [0.15, 0.2) is 10.6 Å². The third-order valence-electron chi connectivity index (χ3n) is 1.92. The van der Waals surface area contributed by atoms with Gasteiger partial charge in [0.2, 0.25) is 5.88 Å². The van der Waals surface area contributed by atoms with Crippen LogP contribution < -0.4 is 5.32 Å². The van der Waals surface area contributed by atoms with Crippen molar-refractivity contribution in [2.75, 3.05) is 12.4 Å². The predicted octanol–water partition coefficient (Wildman–Crippen LogP) is 1.35. The Labute approximate surface area is 82.4 Å². The van der Waals surface area contributed by atoms with E-state index in [4.69, 9.17) is 9.26 Å². The molecule has 0 saturated carbocycles. The summed E-state index contributed by atoms with van der Waals surface area (Å²) < 4.78 is 9.84. The smallest absolute Gasteiger partial charge is 0.258 e. The summed E-state index contributed by atoms with van der Waals surface area (Å²) in [6, 6.07) is 1.64. The molecule has 14 heavy (non-hydrogen) atoms. The minimum Gasteiger partial charge on any atom is -0.369 e. The van der Waals surface area contributed by atoms with Crippen molar-refractivity contribution in [1.29, 1.82) is 0 Å². The first kappa shape index (κ1) is 10.7. The van der Waals surface area contributed by atoms with E-state index in [1.165, 1.54) is 7.11 Å². The molecule has 0 saturated heterocycles. The zero-order chi connectivity index (χ0) is 10.8. The first-order valence-electron chi connectivity index (χ1n) is 4.25. The maximum absolute atomic E-state index is 11.6. The Hall–Kier alpha value is -1.36. The van der Waals surface area contributed by atoms with Gasteiger partial charge in [0, 0.05) is 13.2 Å². The highest BCUT2D eigenvalue weighted by molar-refractivity contribution is 5.95. The number of nitrogens with one attached hydrogen (secondary N) is 1. The molecule has 0 spiro atoms. The molecule has 0 radical (unpaired) electrons. The summed E-state index contributed by atoms with van der Waals surface area (Å²) in [5.74, 6) is 0.0637. The monoisotopic (exact) mass is 198 g/mol. The summed E-state index contributed by atoms with van der Waals surface area (Å²) in [5.41, 5.74) is -0.156. The van der Waals surface area contributed by atoms with E-state index in [9.17, 15) is 4.79 Å². The van der Waals surface area contributed by atoms with Crippen LogP contribution in [0.2, 0.25) is 0 Å². The summed E-state index contributed by atoms with van der Waals surface area (Å²) in [4.78, 5) is 11.6. The average Bonchev–Trinajstić information content (AvgIpc) is 2.51. The van der Waals surface area contributed by atoms with Crippen molar-refractivity contribution in [1.82, 2.24) is 5.16 Å². The molecule has 0 unspecified atom stereocenters. The van der Waals surface area contributed by atoms with Gasteiger partial charge in [-0.25, -0.2) is 0 Å². The van der Waals surface area contributed by atoms with Gasteiger partial charge in [-0.05, 0) is 20.8 Å². The van der Waals surface area contributed by atoms with Crippen molar-refractivity contribution in [3.05, 3.63) is 11.8 Å². The van der Waals surface area contributed by atoms with Crippen molar-refractivity contribution in [3.8, 4) is 0 Å². The van der Waals surface area contributed by atoms with Crippen LogP contribution >= 0.6 is 0 Å². The Balaban J connectivity index is 2.66. The number of aryl methyl sites for hydroxylation is 1. The van der Waals surface area contributed by atoms with E-state index < -0.39 is 5.60 Å². The minimum absolute atomic E-state index is 0.267. The van der Waals surface area contributed by atoms with Crippen LogP contribution in [0.25, 0.3) is 0 Å². The molecule has 1 aromatic heterocycles. The van der Waals surface area contributed by atoms with E-state index in [2.05, 4.69) is 10.5 Å². The minimum atomic E-state index is -0.874. The van der Waals surface area contributed by atoms with Crippen LogP contribution in [0.4, 0.5) is 5.88 Å². The van der Waals surface area contributed by atoms with E-state index in [1.54, 1.807) is 26.8 Å². The van der Waals surface area contributed by atoms with Gasteiger partial charge < -0.3 is 9.26 Å². The SMILES string of the molecule is COC(C)(C)C(=O)Nc1cc(C)no1. The van der Waals surface area contributed by atoms with E-state index in [0.717, 1.165) is 5.69 Å². The number of amides is 1. The van der Waals surface area contributed by atoms with Gasteiger partial charge in [0.1, 0.15) is 5.60 Å². The Morgan fingerprint density at radius 1 is 1.64 bits per heavy atom. The molecule has 0 aliphatic carbocycles. The quantitative estimate of drug-likeness (QED) is 0.796. The van der Waals surface area contributed by atoms with Crippen molar-refractivity contribution in [3.63, 3.8) is 0 Å². The van der Waals surface area contributed by atoms with Gasteiger partial charge in [0.15, 0.2) is 0 Å². The molecular formula is C9H14N2O3. The number of nitrogens with zero attached hydrogens (tertiary/aromatic N) is 1. The predicted molar refractivity (Wildman–Crippen MR) is 51.0 cm³/mol. The van der Waals surface area contributed by atoms with Crippen molar-refractivity contribution in [2.24, 2.45) is 0 Å². The topological polar surface area (TPSA) is 64.4 Å². The number of methoxy groups -OCH3 is 1. The van der Waals surface area contributed by atoms with Gasteiger partial charge in [0.25, 0.3) is 5.91 Å². The first-order valence-corrected chi connectivity index (χ1v) is 4.25. The van der Waals surface area contributed by atoms with Crippen molar-refractivity contribution in [2.45, 2.75) is 26.4 Å². The van der Waals surface area contributed by atoms with Crippen LogP contribution in [0, 0.1) is 6.92 Å². The second kappa shape index (κ2) is 3.79. The Morgan fingerprint density at radius 2 is 2.29 bits per heavy atom. The lowest BCUT2D eigenvalue weighted by molar-refractivity contribution is -0.133. The third-order valence-corrected chi connectivity index (χ3v) is 1.92. The third kappa shape index (κ3) is 2.32. The number of carbonyl (C=O) groups excluding carboxylic acids is 1. The second-order valence-electron chi connectivity index (χ2n) is 3.50. The van der Waals surface area contributed by atoms with Crippen molar-refractivity contribution < 1.29 is 14.1 Å². The van der Waals surface area contributed by atoms with Crippen molar-refractivity contribution >= 4 is 11.8 Å². The Bertz CT molecular complexity index is 331. The van der Waals surface area contributed by atoms with Gasteiger partial charge >= 0.3 is 0 Å². The number of carbonyl (C=O) groups is 1. The van der Waals surface area contributed by atoms with Crippen LogP contribution in [0.5, 0.6) is 0 Å². The maximum atomic E-state index is 11.6. The van der Waals surface area contributed by atoms with E-state index in [0.29, 0.717) is 5.88 Å². The molecule has 0 atom stereocenters. The molecule has 1 N–H and O–H groups in total. The number of ether oxygens (including phenoxy) is 1. The molecule has 0 bridgehead atoms. The fraction of sp³-hybridized carbons (Fsp3) is 0.556. The van der Waals surface area contributed by atoms with Crippen LogP contribution in [0.1, 0.15) is 19.5 Å². The molecule has 0 aromatic carbocycles. The Morgan fingerprint density at radius 3 is 2.71 bits per heavy atom. The summed E-state index contributed by atoms with van der Waals surface area (Å²) >= 11 is 0. The zero-order valence-corrected chi connectivity index (χ0v) is 8.75. The van der Waals surface area contributed by atoms with E-state index >= 15 is 0 Å². The van der Waals surface area contributed by atoms with Gasteiger partial charge in [-0.1, -0.05) is 5.16 Å². The first-order chi connectivity index (χ1) is 6.45. The number of anilines is 1. The van der Waals surface area contributed by atoms with Gasteiger partial charge in [-0.2, -0.15) is 0 Å². The molecule has 1 heterocycles. The molecule has 1 amide bonds. The molecule has 1 rings (SSSR count). The average molecular weight is 198 g/mol. The van der Waals surface area contributed by atoms with Gasteiger partial charge in [-0.15, -0.1) is 0 Å². The van der Waals surface area contributed by atoms with Crippen LogP contribution in [-0.4, -0.2) is 23.8 Å². The van der Waals surface area contributed by atoms with Crippen LogP contribution in [0.3, 0.4) is 0 Å². The molecule has 5 heteroatoms. The number of hydrogen-bond acceptors (Lipinski definition) is 4. The summed E-state index contributed by atoms with van der Waals surface area (Å²) in [5, 5.41) is 6.21. The second-order valence-corrected chi connectivity index (χ2v) is 3.50. The fourth-order valence-corrected chi connectivity index (χ4v) is 0.778. The normalized spacial score (nSPS) is 11.4. The molecular weight excluding hydrogens is 184 g/mol. The standard InChI is InChI=1S/C9H14N2O3/c1-6-5-7(14-11-6)10-8(12)9(2,3)13-4/h5H,1-4H3,(H,10,12). The highest BCUT2D eigenvalue weighted by Crippen LogP contribution is 2.14. The Kier molecular flexibility index (Phi) is 2.90. The maximum Gasteiger partial charge on any atom is 0.258 e. The highest BCUT2D eigenvalue weighted by atomic mass is 16.5. The fourth-order valence-electron chi connectivity index (χ4n) is 0.778. The summed E-state index contributed by atoms with van der Waals surface area (Å²) in [7, 11) is 1.48. The molecule has 1 aromatic rings. The largest absolute Gasteiger partial charge is 0.369 e. The lowest BCUT2D eigenvalue weighted by Crippen LogP contribution is -2.38. The molecule has 5 nitrogen and oxygen atoms in total. The zero-order valence-electron chi connectivity index (χ0n) is 8.75. The molecule has 0 fully saturated rings. The summed E-state index contributed by atoms with van der Waals surface area (Å²) in [6.07, 6.45) is 0.